The van der Waals surface area contributed by atoms with Crippen LogP contribution in [0.3, 0.4) is 0 Å². The highest BCUT2D eigenvalue weighted by Crippen LogP contribution is 2.13. The summed E-state index contributed by atoms with van der Waals surface area (Å²) in [5.74, 6) is 0.0283. The average molecular weight is 268 g/mol. The number of carbonyl (C=O) groups excluding carboxylic acids is 1. The zero-order valence-corrected chi connectivity index (χ0v) is 12.0. The van der Waals surface area contributed by atoms with Crippen LogP contribution in [0, 0.1) is 6.92 Å². The number of rotatable bonds is 4. The Balaban J connectivity index is 2.15. The van der Waals surface area contributed by atoms with Crippen LogP contribution >= 0.6 is 0 Å². The lowest BCUT2D eigenvalue weighted by Crippen LogP contribution is -2.27. The van der Waals surface area contributed by atoms with Crippen molar-refractivity contribution in [3.05, 3.63) is 70.8 Å². The number of hydrogen-bond acceptors (Lipinski definition) is 2. The Labute approximate surface area is 120 Å². The molecular weight excluding hydrogens is 248 g/mol. The highest BCUT2D eigenvalue weighted by Gasteiger charge is 2.13. The van der Waals surface area contributed by atoms with Crippen LogP contribution in [0.2, 0.25) is 0 Å². The molecule has 0 heterocycles. The topological polar surface area (TPSA) is 46.3 Å². The van der Waals surface area contributed by atoms with Crippen molar-refractivity contribution in [2.24, 2.45) is 5.73 Å². The van der Waals surface area contributed by atoms with Crippen LogP contribution in [0.5, 0.6) is 0 Å². The van der Waals surface area contributed by atoms with Gasteiger partial charge in [-0.25, -0.2) is 0 Å². The number of nitrogens with two attached hydrogens (primary N) is 1. The summed E-state index contributed by atoms with van der Waals surface area (Å²) in [6.07, 6.45) is 0. The van der Waals surface area contributed by atoms with E-state index in [4.69, 9.17) is 5.73 Å². The molecule has 2 N–H and O–H groups in total. The molecule has 0 spiro atoms. The molecule has 0 aromatic heterocycles. The third-order valence-electron chi connectivity index (χ3n) is 3.36. The summed E-state index contributed by atoms with van der Waals surface area (Å²) in [6, 6.07) is 15.6. The molecule has 0 fully saturated rings. The van der Waals surface area contributed by atoms with E-state index >= 15 is 0 Å². The third-order valence-corrected chi connectivity index (χ3v) is 3.36. The van der Waals surface area contributed by atoms with E-state index in [2.05, 4.69) is 0 Å². The van der Waals surface area contributed by atoms with Gasteiger partial charge in [0.2, 0.25) is 0 Å². The van der Waals surface area contributed by atoms with Crippen LogP contribution in [0.15, 0.2) is 48.5 Å². The first-order valence-electron chi connectivity index (χ1n) is 6.71. The normalized spacial score (nSPS) is 10.3. The first-order chi connectivity index (χ1) is 9.61. The molecule has 3 nitrogen and oxygen atoms in total. The molecule has 0 aliphatic rings. The summed E-state index contributed by atoms with van der Waals surface area (Å²) >= 11 is 0. The van der Waals surface area contributed by atoms with Gasteiger partial charge in [-0.05, 0) is 30.2 Å². The number of nitrogens with zero attached hydrogens (tertiary/aromatic N) is 1. The van der Waals surface area contributed by atoms with Crippen molar-refractivity contribution in [3.8, 4) is 0 Å². The zero-order chi connectivity index (χ0) is 14.5. The molecule has 2 aromatic rings. The lowest BCUT2D eigenvalue weighted by molar-refractivity contribution is 0.0784. The van der Waals surface area contributed by atoms with E-state index in [1.54, 1.807) is 4.90 Å². The van der Waals surface area contributed by atoms with Gasteiger partial charge in [0, 0.05) is 25.7 Å². The van der Waals surface area contributed by atoms with Gasteiger partial charge in [0.1, 0.15) is 0 Å². The van der Waals surface area contributed by atoms with Crippen molar-refractivity contribution in [3.63, 3.8) is 0 Å². The van der Waals surface area contributed by atoms with Gasteiger partial charge < -0.3 is 10.6 Å². The molecule has 2 aromatic carbocycles. The Hall–Kier alpha value is -2.13. The maximum Gasteiger partial charge on any atom is 0.253 e. The standard InChI is InChI=1S/C17H20N2O/c1-13-6-5-9-14(10-13)17(20)19(2)12-16-8-4-3-7-15(16)11-18/h3-10H,11-12,18H2,1-2H3. The molecule has 0 saturated heterocycles. The van der Waals surface area contributed by atoms with Crippen LogP contribution in [0.25, 0.3) is 0 Å². The minimum absolute atomic E-state index is 0.0283. The molecule has 1 amide bonds. The molecule has 20 heavy (non-hydrogen) atoms. The first kappa shape index (κ1) is 14.3. The Kier molecular flexibility index (Phi) is 4.53. The maximum atomic E-state index is 12.4. The van der Waals surface area contributed by atoms with Crippen molar-refractivity contribution in [2.45, 2.75) is 20.0 Å². The van der Waals surface area contributed by atoms with E-state index in [0.29, 0.717) is 13.1 Å². The second-order valence-electron chi connectivity index (χ2n) is 5.00. The molecule has 3 heteroatoms. The van der Waals surface area contributed by atoms with Crippen molar-refractivity contribution >= 4 is 5.91 Å². The molecule has 0 aliphatic heterocycles. The number of aryl methyl sites for hydroxylation is 1. The number of amides is 1. The van der Waals surface area contributed by atoms with Crippen molar-refractivity contribution in [1.82, 2.24) is 4.90 Å². The van der Waals surface area contributed by atoms with Crippen molar-refractivity contribution in [2.75, 3.05) is 7.05 Å². The smallest absolute Gasteiger partial charge is 0.253 e. The fourth-order valence-corrected chi connectivity index (χ4v) is 2.24. The highest BCUT2D eigenvalue weighted by atomic mass is 16.2. The Morgan fingerprint density at radius 3 is 2.45 bits per heavy atom. The zero-order valence-electron chi connectivity index (χ0n) is 12.0. The fraction of sp³-hybridized carbons (Fsp3) is 0.235. The second-order valence-corrected chi connectivity index (χ2v) is 5.00. The number of hydrogen-bond donors (Lipinski definition) is 1. The van der Waals surface area contributed by atoms with Crippen LogP contribution in [-0.4, -0.2) is 17.9 Å². The molecular formula is C17H20N2O. The van der Waals surface area contributed by atoms with E-state index in [1.807, 2.05) is 62.5 Å². The van der Waals surface area contributed by atoms with Crippen molar-refractivity contribution < 1.29 is 4.79 Å². The fourth-order valence-electron chi connectivity index (χ4n) is 2.24. The van der Waals surface area contributed by atoms with Gasteiger partial charge in [0.15, 0.2) is 0 Å². The Morgan fingerprint density at radius 2 is 1.80 bits per heavy atom. The summed E-state index contributed by atoms with van der Waals surface area (Å²) in [6.45, 7) is 3.04. The number of benzene rings is 2. The minimum Gasteiger partial charge on any atom is -0.337 e. The van der Waals surface area contributed by atoms with E-state index < -0.39 is 0 Å². The highest BCUT2D eigenvalue weighted by molar-refractivity contribution is 5.94. The molecule has 0 unspecified atom stereocenters. The van der Waals surface area contributed by atoms with Crippen LogP contribution in [0.4, 0.5) is 0 Å². The van der Waals surface area contributed by atoms with Gasteiger partial charge >= 0.3 is 0 Å². The summed E-state index contributed by atoms with van der Waals surface area (Å²) in [5, 5.41) is 0. The maximum absolute atomic E-state index is 12.4. The second kappa shape index (κ2) is 6.35. The summed E-state index contributed by atoms with van der Waals surface area (Å²) < 4.78 is 0. The molecule has 0 saturated carbocycles. The number of carbonyl (C=O) groups is 1. The van der Waals surface area contributed by atoms with E-state index in [0.717, 1.165) is 22.3 Å². The predicted octanol–water partition coefficient (Wildman–Crippen LogP) is 2.73. The van der Waals surface area contributed by atoms with Gasteiger partial charge in [-0.2, -0.15) is 0 Å². The van der Waals surface area contributed by atoms with Crippen molar-refractivity contribution in [1.29, 1.82) is 0 Å². The average Bonchev–Trinajstić information content (AvgIpc) is 2.47. The van der Waals surface area contributed by atoms with Crippen LogP contribution in [-0.2, 0) is 13.1 Å². The molecule has 2 rings (SSSR count). The largest absolute Gasteiger partial charge is 0.337 e. The minimum atomic E-state index is 0.0283. The molecule has 0 atom stereocenters. The van der Waals surface area contributed by atoms with Gasteiger partial charge in [0.05, 0.1) is 0 Å². The lowest BCUT2D eigenvalue weighted by atomic mass is 10.1. The van der Waals surface area contributed by atoms with E-state index in [1.165, 1.54) is 0 Å². The van der Waals surface area contributed by atoms with Gasteiger partial charge in [-0.15, -0.1) is 0 Å². The van der Waals surface area contributed by atoms with Gasteiger partial charge in [0.25, 0.3) is 5.91 Å². The van der Waals surface area contributed by atoms with Crippen LogP contribution in [0.1, 0.15) is 27.0 Å². The molecule has 0 aliphatic carbocycles. The summed E-state index contributed by atoms with van der Waals surface area (Å²) in [7, 11) is 1.82. The van der Waals surface area contributed by atoms with E-state index in [-0.39, 0.29) is 5.91 Å². The van der Waals surface area contributed by atoms with Crippen LogP contribution < -0.4 is 5.73 Å². The SMILES string of the molecule is Cc1cccc(C(=O)N(C)Cc2ccccc2CN)c1. The molecule has 0 bridgehead atoms. The Bertz CT molecular complexity index is 607. The monoisotopic (exact) mass is 268 g/mol. The van der Waals surface area contributed by atoms with Gasteiger partial charge in [-0.3, -0.25) is 4.79 Å². The van der Waals surface area contributed by atoms with Gasteiger partial charge in [-0.1, -0.05) is 42.0 Å². The summed E-state index contributed by atoms with van der Waals surface area (Å²) in [5.41, 5.74) is 9.72. The third kappa shape index (κ3) is 3.25. The predicted molar refractivity (Wildman–Crippen MR) is 81.3 cm³/mol. The first-order valence-corrected chi connectivity index (χ1v) is 6.71. The lowest BCUT2D eigenvalue weighted by Gasteiger charge is -2.19. The Morgan fingerprint density at radius 1 is 1.10 bits per heavy atom. The summed E-state index contributed by atoms with van der Waals surface area (Å²) in [4.78, 5) is 14.1. The molecule has 0 radical (unpaired) electrons. The quantitative estimate of drug-likeness (QED) is 0.926. The molecule has 104 valence electrons. The van der Waals surface area contributed by atoms with E-state index in [9.17, 15) is 4.79 Å².